The van der Waals surface area contributed by atoms with Crippen molar-refractivity contribution < 1.29 is 13.9 Å². The lowest BCUT2D eigenvalue weighted by atomic mass is 10.1. The van der Waals surface area contributed by atoms with E-state index in [2.05, 4.69) is 15.2 Å². The van der Waals surface area contributed by atoms with E-state index in [9.17, 15) is 4.79 Å². The first-order valence-electron chi connectivity index (χ1n) is 8.39. The minimum atomic E-state index is -0.114. The van der Waals surface area contributed by atoms with E-state index in [4.69, 9.17) is 9.15 Å². The van der Waals surface area contributed by atoms with E-state index < -0.39 is 0 Å². The van der Waals surface area contributed by atoms with E-state index in [0.29, 0.717) is 26.3 Å². The van der Waals surface area contributed by atoms with Crippen LogP contribution in [-0.2, 0) is 11.3 Å². The molecule has 0 aliphatic carbocycles. The molecule has 1 aliphatic heterocycles. The normalized spacial score (nSPS) is 16.6. The molecule has 3 heterocycles. The lowest BCUT2D eigenvalue weighted by Crippen LogP contribution is -2.45. The zero-order chi connectivity index (χ0) is 17.6. The van der Waals surface area contributed by atoms with Gasteiger partial charge in [-0.1, -0.05) is 0 Å². The quantitative estimate of drug-likeness (QED) is 0.851. The van der Waals surface area contributed by atoms with Gasteiger partial charge in [0, 0.05) is 38.3 Å². The number of aromatic nitrogens is 1. The molecule has 0 aromatic carbocycles. The second-order valence-corrected chi connectivity index (χ2v) is 7.06. The number of morpholine rings is 1. The van der Waals surface area contributed by atoms with Crippen LogP contribution < -0.4 is 5.32 Å². The van der Waals surface area contributed by atoms with Gasteiger partial charge in [-0.15, -0.1) is 11.3 Å². The molecule has 0 bridgehead atoms. The fourth-order valence-electron chi connectivity index (χ4n) is 2.86. The number of ether oxygens (including phenoxy) is 1. The van der Waals surface area contributed by atoms with Crippen LogP contribution in [0.5, 0.6) is 0 Å². The van der Waals surface area contributed by atoms with Crippen LogP contribution >= 0.6 is 11.3 Å². The minimum absolute atomic E-state index is 0.00909. The number of carbonyl (C=O) groups excluding carboxylic acids is 1. The topological polar surface area (TPSA) is 70.8 Å². The van der Waals surface area contributed by atoms with Crippen LogP contribution in [-0.4, -0.2) is 60.7 Å². The van der Waals surface area contributed by atoms with E-state index in [-0.39, 0.29) is 12.1 Å². The van der Waals surface area contributed by atoms with Gasteiger partial charge in [0.15, 0.2) is 0 Å². The number of aryl methyl sites for hydroxylation is 1. The number of rotatable bonds is 6. The largest absolute Gasteiger partial charge is 0.465 e. The van der Waals surface area contributed by atoms with Crippen LogP contribution in [0.3, 0.4) is 0 Å². The van der Waals surface area contributed by atoms with Crippen LogP contribution in [0.1, 0.15) is 22.6 Å². The number of urea groups is 1. The third kappa shape index (κ3) is 4.81. The summed E-state index contributed by atoms with van der Waals surface area (Å²) in [6.45, 7) is 5.99. The number of carbonyl (C=O) groups is 1. The van der Waals surface area contributed by atoms with Crippen molar-refractivity contribution >= 4 is 17.4 Å². The smallest absolute Gasteiger partial charge is 0.317 e. The highest BCUT2D eigenvalue weighted by atomic mass is 32.1. The maximum atomic E-state index is 12.4. The van der Waals surface area contributed by atoms with Gasteiger partial charge in [-0.05, 0) is 19.1 Å². The Labute approximate surface area is 151 Å². The molecule has 7 nitrogen and oxygen atoms in total. The molecule has 1 atom stereocenters. The molecule has 0 spiro atoms. The average molecular weight is 364 g/mol. The van der Waals surface area contributed by atoms with Crippen LogP contribution in [0.25, 0.3) is 0 Å². The molecular formula is C17H24N4O3S. The molecule has 1 aliphatic rings. The molecule has 2 aromatic rings. The zero-order valence-electron chi connectivity index (χ0n) is 14.6. The molecule has 0 saturated carbocycles. The lowest BCUT2D eigenvalue weighted by molar-refractivity contribution is 0.0119. The molecule has 1 saturated heterocycles. The van der Waals surface area contributed by atoms with E-state index in [1.165, 1.54) is 0 Å². The number of thiazole rings is 1. The first-order valence-corrected chi connectivity index (χ1v) is 9.27. The van der Waals surface area contributed by atoms with Crippen molar-refractivity contribution in [1.29, 1.82) is 0 Å². The Hall–Kier alpha value is -1.90. The molecule has 0 unspecified atom stereocenters. The van der Waals surface area contributed by atoms with Crippen molar-refractivity contribution in [2.45, 2.75) is 19.5 Å². The Morgan fingerprint density at radius 3 is 2.88 bits per heavy atom. The Bertz CT molecular complexity index is 667. The number of hydrogen-bond donors (Lipinski definition) is 1. The van der Waals surface area contributed by atoms with E-state index >= 15 is 0 Å². The van der Waals surface area contributed by atoms with Crippen molar-refractivity contribution in [2.75, 3.05) is 39.9 Å². The Kier molecular flexibility index (Phi) is 6.06. The second kappa shape index (κ2) is 8.46. The third-order valence-corrected chi connectivity index (χ3v) is 4.99. The van der Waals surface area contributed by atoms with Gasteiger partial charge in [0.05, 0.1) is 25.8 Å². The fraction of sp³-hybridized carbons (Fsp3) is 0.529. The summed E-state index contributed by atoms with van der Waals surface area (Å²) >= 11 is 1.55. The summed E-state index contributed by atoms with van der Waals surface area (Å²) in [6.07, 6.45) is 1.75. The third-order valence-electron chi connectivity index (χ3n) is 4.23. The van der Waals surface area contributed by atoms with E-state index in [1.807, 2.05) is 24.4 Å². The van der Waals surface area contributed by atoms with Crippen molar-refractivity contribution in [3.8, 4) is 0 Å². The van der Waals surface area contributed by atoms with Crippen LogP contribution in [0.4, 0.5) is 4.79 Å². The van der Waals surface area contributed by atoms with Gasteiger partial charge >= 0.3 is 6.03 Å². The summed E-state index contributed by atoms with van der Waals surface area (Å²) in [5.74, 6) is 1.75. The molecule has 136 valence electrons. The highest BCUT2D eigenvalue weighted by Gasteiger charge is 2.26. The van der Waals surface area contributed by atoms with Gasteiger partial charge in [0.1, 0.15) is 16.5 Å². The maximum absolute atomic E-state index is 12.4. The Morgan fingerprint density at radius 2 is 2.24 bits per heavy atom. The maximum Gasteiger partial charge on any atom is 0.317 e. The Morgan fingerprint density at radius 1 is 1.44 bits per heavy atom. The molecule has 2 amide bonds. The van der Waals surface area contributed by atoms with Crippen molar-refractivity contribution in [1.82, 2.24) is 20.1 Å². The number of nitrogens with zero attached hydrogens (tertiary/aromatic N) is 3. The first-order chi connectivity index (χ1) is 12.1. The summed E-state index contributed by atoms with van der Waals surface area (Å²) in [7, 11) is 1.78. The highest BCUT2D eigenvalue weighted by molar-refractivity contribution is 7.09. The summed E-state index contributed by atoms with van der Waals surface area (Å²) in [5, 5.41) is 5.85. The van der Waals surface area contributed by atoms with Gasteiger partial charge in [0.2, 0.25) is 0 Å². The summed E-state index contributed by atoms with van der Waals surface area (Å²) < 4.78 is 11.3. The molecule has 3 rings (SSSR count). The van der Waals surface area contributed by atoms with Crippen molar-refractivity contribution in [2.24, 2.45) is 0 Å². The van der Waals surface area contributed by atoms with Crippen molar-refractivity contribution in [3.05, 3.63) is 40.2 Å². The number of nitrogens with one attached hydrogen (secondary N) is 1. The zero-order valence-corrected chi connectivity index (χ0v) is 15.4. The summed E-state index contributed by atoms with van der Waals surface area (Å²) in [6, 6.07) is 3.84. The predicted octanol–water partition coefficient (Wildman–Crippen LogP) is 2.26. The summed E-state index contributed by atoms with van der Waals surface area (Å²) in [4.78, 5) is 20.6. The van der Waals surface area contributed by atoms with Crippen molar-refractivity contribution in [3.63, 3.8) is 0 Å². The second-order valence-electron chi connectivity index (χ2n) is 6.08. The predicted molar refractivity (Wildman–Crippen MR) is 95.6 cm³/mol. The van der Waals surface area contributed by atoms with Gasteiger partial charge in [0.25, 0.3) is 0 Å². The molecule has 25 heavy (non-hydrogen) atoms. The van der Waals surface area contributed by atoms with Gasteiger partial charge in [-0.2, -0.15) is 0 Å². The highest BCUT2D eigenvalue weighted by Crippen LogP contribution is 2.23. The van der Waals surface area contributed by atoms with E-state index in [1.54, 1.807) is 29.5 Å². The number of amides is 2. The van der Waals surface area contributed by atoms with Gasteiger partial charge in [-0.3, -0.25) is 4.90 Å². The Balaban J connectivity index is 1.60. The van der Waals surface area contributed by atoms with Gasteiger partial charge < -0.3 is 19.4 Å². The average Bonchev–Trinajstić information content (AvgIpc) is 3.28. The van der Waals surface area contributed by atoms with Gasteiger partial charge in [-0.25, -0.2) is 9.78 Å². The standard InChI is InChI=1S/C17H24N4O3S/c1-13-3-4-15(24-13)14(21-6-8-23-9-7-21)11-19-17(22)20(2)12-16-18-5-10-25-16/h3-5,10,14H,6-9,11-12H2,1-2H3,(H,19,22)/t14-/m1/s1. The monoisotopic (exact) mass is 364 g/mol. The first kappa shape index (κ1) is 17.9. The fourth-order valence-corrected chi connectivity index (χ4v) is 3.52. The van der Waals surface area contributed by atoms with Crippen LogP contribution in [0.15, 0.2) is 28.1 Å². The SMILES string of the molecule is Cc1ccc([C@@H](CNC(=O)N(C)Cc2nccs2)N2CCOCC2)o1. The van der Waals surface area contributed by atoms with Crippen LogP contribution in [0.2, 0.25) is 0 Å². The van der Waals surface area contributed by atoms with Crippen LogP contribution in [0, 0.1) is 6.92 Å². The minimum Gasteiger partial charge on any atom is -0.465 e. The molecule has 0 radical (unpaired) electrons. The number of furan rings is 1. The lowest BCUT2D eigenvalue weighted by Gasteiger charge is -2.33. The molecule has 8 heteroatoms. The molecule has 2 aromatic heterocycles. The number of hydrogen-bond acceptors (Lipinski definition) is 6. The molecular weight excluding hydrogens is 340 g/mol. The molecule has 1 fully saturated rings. The molecule has 1 N–H and O–H groups in total. The van der Waals surface area contributed by atoms with E-state index in [0.717, 1.165) is 29.6 Å². The summed E-state index contributed by atoms with van der Waals surface area (Å²) in [5.41, 5.74) is 0.